The van der Waals surface area contributed by atoms with Crippen LogP contribution in [0, 0.1) is 5.41 Å². The molecule has 132 valence electrons. The van der Waals surface area contributed by atoms with Crippen LogP contribution in [0.4, 0.5) is 0 Å². The Kier molecular flexibility index (Phi) is 5.86. The number of sulfonamides is 1. The highest BCUT2D eigenvalue weighted by molar-refractivity contribution is 7.89. The highest BCUT2D eigenvalue weighted by Gasteiger charge is 2.32. The fourth-order valence-corrected chi connectivity index (χ4v) is 4.49. The Morgan fingerprint density at radius 1 is 1.33 bits per heavy atom. The van der Waals surface area contributed by atoms with Crippen molar-refractivity contribution in [3.8, 4) is 0 Å². The lowest BCUT2D eigenvalue weighted by Crippen LogP contribution is -2.52. The van der Waals surface area contributed by atoms with Crippen molar-refractivity contribution in [1.82, 2.24) is 15.0 Å². The van der Waals surface area contributed by atoms with Crippen LogP contribution in [0.5, 0.6) is 0 Å². The smallest absolute Gasteiger partial charge is 0.241 e. The van der Waals surface area contributed by atoms with Gasteiger partial charge >= 0.3 is 0 Å². The number of hydrogen-bond acceptors (Lipinski definition) is 4. The van der Waals surface area contributed by atoms with Gasteiger partial charge in [0.1, 0.15) is 0 Å². The van der Waals surface area contributed by atoms with Gasteiger partial charge in [0.2, 0.25) is 10.0 Å². The van der Waals surface area contributed by atoms with E-state index in [1.54, 1.807) is 30.6 Å². The Morgan fingerprint density at radius 2 is 2.12 bits per heavy atom. The van der Waals surface area contributed by atoms with Gasteiger partial charge in [0.15, 0.2) is 0 Å². The van der Waals surface area contributed by atoms with Gasteiger partial charge in [0, 0.05) is 35.8 Å². The average molecular weight is 370 g/mol. The minimum atomic E-state index is -3.55. The molecule has 1 saturated heterocycles. The Hall–Kier alpha value is -1.21. The van der Waals surface area contributed by atoms with Crippen molar-refractivity contribution in [2.75, 3.05) is 13.1 Å². The Bertz CT molecular complexity index is 803. The molecule has 2 aromatic rings. The number of nitrogens with zero attached hydrogens (tertiary/aromatic N) is 1. The molecular weight excluding hydrogens is 346 g/mol. The molecule has 1 atom stereocenters. The van der Waals surface area contributed by atoms with Crippen LogP contribution in [0.1, 0.15) is 26.7 Å². The van der Waals surface area contributed by atoms with Gasteiger partial charge in [-0.05, 0) is 36.9 Å². The Balaban J connectivity index is 0.00000208. The standard InChI is InChI=1S/C17H23N3O2S.ClH/c1-17(2)8-4-9-19-16(17)12-20-23(21,22)15-6-3-5-13-11-18-10-7-14(13)15;/h3,5-7,10-11,16,19-20H,4,8-9,12H2,1-2H3;1H. The second-order valence-electron chi connectivity index (χ2n) is 6.80. The molecular formula is C17H24ClN3O2S. The van der Waals surface area contributed by atoms with Crippen molar-refractivity contribution >= 4 is 33.2 Å². The molecule has 1 aromatic carbocycles. The second-order valence-corrected chi connectivity index (χ2v) is 8.54. The summed E-state index contributed by atoms with van der Waals surface area (Å²) in [6, 6.07) is 7.15. The minimum absolute atomic E-state index is 0. The summed E-state index contributed by atoms with van der Waals surface area (Å²) in [6.07, 6.45) is 5.53. The summed E-state index contributed by atoms with van der Waals surface area (Å²) >= 11 is 0. The predicted octanol–water partition coefficient (Wildman–Crippen LogP) is 2.71. The number of hydrogen-bond donors (Lipinski definition) is 2. The topological polar surface area (TPSA) is 71.1 Å². The first-order chi connectivity index (χ1) is 10.9. The zero-order valence-electron chi connectivity index (χ0n) is 14.0. The molecule has 0 saturated carbocycles. The van der Waals surface area contributed by atoms with Crippen LogP contribution in [0.2, 0.25) is 0 Å². The second kappa shape index (κ2) is 7.35. The third-order valence-electron chi connectivity index (χ3n) is 4.74. The van der Waals surface area contributed by atoms with Crippen LogP contribution in [0.3, 0.4) is 0 Å². The van der Waals surface area contributed by atoms with Crippen molar-refractivity contribution < 1.29 is 8.42 Å². The first-order valence-corrected chi connectivity index (χ1v) is 9.44. The molecule has 2 heterocycles. The molecule has 0 radical (unpaired) electrons. The van der Waals surface area contributed by atoms with E-state index >= 15 is 0 Å². The van der Waals surface area contributed by atoms with Crippen molar-refractivity contribution in [2.45, 2.75) is 37.6 Å². The zero-order valence-corrected chi connectivity index (χ0v) is 15.6. The largest absolute Gasteiger partial charge is 0.312 e. The van der Waals surface area contributed by atoms with Crippen LogP contribution in [-0.2, 0) is 10.0 Å². The normalized spacial score (nSPS) is 20.5. The fourth-order valence-electron chi connectivity index (χ4n) is 3.22. The molecule has 1 aliphatic rings. The van der Waals surface area contributed by atoms with Gasteiger partial charge in [-0.2, -0.15) is 0 Å². The SMILES string of the molecule is CC1(C)CCCNC1CNS(=O)(=O)c1cccc2cnccc12.Cl. The molecule has 0 aliphatic carbocycles. The molecule has 1 aromatic heterocycles. The van der Waals surface area contributed by atoms with Gasteiger partial charge in [0.05, 0.1) is 4.90 Å². The Labute approximate surface area is 149 Å². The van der Waals surface area contributed by atoms with Gasteiger partial charge in [0.25, 0.3) is 0 Å². The summed E-state index contributed by atoms with van der Waals surface area (Å²) in [6.45, 7) is 5.70. The lowest BCUT2D eigenvalue weighted by atomic mass is 9.78. The maximum Gasteiger partial charge on any atom is 0.241 e. The number of aromatic nitrogens is 1. The molecule has 2 N–H and O–H groups in total. The summed E-state index contributed by atoms with van der Waals surface area (Å²) in [7, 11) is -3.55. The number of benzene rings is 1. The summed E-state index contributed by atoms with van der Waals surface area (Å²) in [5, 5.41) is 4.96. The number of pyridine rings is 1. The molecule has 1 unspecified atom stereocenters. The molecule has 1 aliphatic heterocycles. The van der Waals surface area contributed by atoms with E-state index in [1.807, 2.05) is 6.07 Å². The van der Waals surface area contributed by atoms with Crippen LogP contribution in [0.25, 0.3) is 10.8 Å². The quantitative estimate of drug-likeness (QED) is 0.869. The summed E-state index contributed by atoms with van der Waals surface area (Å²) in [5.74, 6) is 0. The van der Waals surface area contributed by atoms with E-state index in [9.17, 15) is 8.42 Å². The third-order valence-corrected chi connectivity index (χ3v) is 6.22. The molecule has 0 spiro atoms. The van der Waals surface area contributed by atoms with Crippen LogP contribution in [0.15, 0.2) is 41.6 Å². The number of fused-ring (bicyclic) bond motifs is 1. The molecule has 3 rings (SSSR count). The molecule has 0 bridgehead atoms. The Morgan fingerprint density at radius 3 is 2.88 bits per heavy atom. The van der Waals surface area contributed by atoms with Gasteiger partial charge < -0.3 is 5.32 Å². The van der Waals surface area contributed by atoms with Crippen LogP contribution in [-0.4, -0.2) is 32.5 Å². The van der Waals surface area contributed by atoms with Gasteiger partial charge in [-0.3, -0.25) is 4.98 Å². The maximum atomic E-state index is 12.7. The number of nitrogens with one attached hydrogen (secondary N) is 2. The van der Waals surface area contributed by atoms with Crippen molar-refractivity contribution in [3.05, 3.63) is 36.7 Å². The lowest BCUT2D eigenvalue weighted by Gasteiger charge is -2.39. The van der Waals surface area contributed by atoms with Crippen molar-refractivity contribution in [3.63, 3.8) is 0 Å². The number of halogens is 1. The molecule has 5 nitrogen and oxygen atoms in total. The first kappa shape index (κ1) is 19.1. The molecule has 1 fully saturated rings. The van der Waals surface area contributed by atoms with E-state index in [-0.39, 0.29) is 23.9 Å². The highest BCUT2D eigenvalue weighted by Crippen LogP contribution is 2.30. The number of piperidine rings is 1. The van der Waals surface area contributed by atoms with E-state index in [0.29, 0.717) is 16.8 Å². The van der Waals surface area contributed by atoms with Crippen LogP contribution >= 0.6 is 12.4 Å². The molecule has 0 amide bonds. The molecule has 24 heavy (non-hydrogen) atoms. The van der Waals surface area contributed by atoms with E-state index in [4.69, 9.17) is 0 Å². The highest BCUT2D eigenvalue weighted by atomic mass is 35.5. The molecule has 7 heteroatoms. The minimum Gasteiger partial charge on any atom is -0.312 e. The maximum absolute atomic E-state index is 12.7. The van der Waals surface area contributed by atoms with E-state index in [0.717, 1.165) is 24.8 Å². The zero-order chi connectivity index (χ0) is 16.5. The van der Waals surface area contributed by atoms with E-state index in [2.05, 4.69) is 28.9 Å². The lowest BCUT2D eigenvalue weighted by molar-refractivity contribution is 0.182. The number of rotatable bonds is 4. The van der Waals surface area contributed by atoms with Crippen molar-refractivity contribution in [1.29, 1.82) is 0 Å². The first-order valence-electron chi connectivity index (χ1n) is 7.96. The summed E-state index contributed by atoms with van der Waals surface area (Å²) < 4.78 is 28.3. The van der Waals surface area contributed by atoms with E-state index in [1.165, 1.54) is 0 Å². The van der Waals surface area contributed by atoms with Gasteiger partial charge in [-0.15, -0.1) is 12.4 Å². The summed E-state index contributed by atoms with van der Waals surface area (Å²) in [5.41, 5.74) is 0.0868. The fraction of sp³-hybridized carbons (Fsp3) is 0.471. The average Bonchev–Trinajstić information content (AvgIpc) is 2.53. The van der Waals surface area contributed by atoms with Gasteiger partial charge in [-0.25, -0.2) is 13.1 Å². The summed E-state index contributed by atoms with van der Waals surface area (Å²) in [4.78, 5) is 4.36. The van der Waals surface area contributed by atoms with Crippen LogP contribution < -0.4 is 10.0 Å². The van der Waals surface area contributed by atoms with E-state index < -0.39 is 10.0 Å². The van der Waals surface area contributed by atoms with Gasteiger partial charge in [-0.1, -0.05) is 26.0 Å². The monoisotopic (exact) mass is 369 g/mol. The third kappa shape index (κ3) is 3.88. The predicted molar refractivity (Wildman–Crippen MR) is 99.0 cm³/mol. The van der Waals surface area contributed by atoms with Crippen molar-refractivity contribution in [2.24, 2.45) is 5.41 Å².